The highest BCUT2D eigenvalue weighted by Gasteiger charge is 2.31. The first-order valence-electron chi connectivity index (χ1n) is 8.22. The second-order valence-electron chi connectivity index (χ2n) is 5.68. The molecule has 1 amide bonds. The predicted molar refractivity (Wildman–Crippen MR) is 85.9 cm³/mol. The maximum atomic E-state index is 12.3. The Hall–Kier alpha value is -1.51. The standard InChI is InChI=1S/C15H27F3N4O2/c1-4-19-14(22-8-6-12(7-9-22)24-5-2)20-10-13(23)21(3)11-15(16,17)18/h12H,4-11H2,1-3H3,(H,19,20). The van der Waals surface area contributed by atoms with Crippen molar-refractivity contribution in [2.24, 2.45) is 4.99 Å². The van der Waals surface area contributed by atoms with E-state index in [2.05, 4.69) is 10.3 Å². The summed E-state index contributed by atoms with van der Waals surface area (Å²) in [6, 6.07) is 0. The molecule has 24 heavy (non-hydrogen) atoms. The lowest BCUT2D eigenvalue weighted by atomic mass is 10.1. The van der Waals surface area contributed by atoms with Gasteiger partial charge < -0.3 is 19.9 Å². The van der Waals surface area contributed by atoms with Gasteiger partial charge in [-0.2, -0.15) is 13.2 Å². The van der Waals surface area contributed by atoms with Crippen LogP contribution >= 0.6 is 0 Å². The van der Waals surface area contributed by atoms with Crippen LogP contribution in [0.4, 0.5) is 13.2 Å². The molecule has 6 nitrogen and oxygen atoms in total. The van der Waals surface area contributed by atoms with E-state index in [4.69, 9.17) is 4.74 Å². The summed E-state index contributed by atoms with van der Waals surface area (Å²) in [5.41, 5.74) is 0. The van der Waals surface area contributed by atoms with Crippen LogP contribution in [0.3, 0.4) is 0 Å². The summed E-state index contributed by atoms with van der Waals surface area (Å²) in [6.07, 6.45) is -2.45. The zero-order valence-electron chi connectivity index (χ0n) is 14.5. The van der Waals surface area contributed by atoms with Crippen molar-refractivity contribution in [2.75, 3.05) is 46.4 Å². The number of amides is 1. The summed E-state index contributed by atoms with van der Waals surface area (Å²) in [4.78, 5) is 18.7. The minimum Gasteiger partial charge on any atom is -0.378 e. The van der Waals surface area contributed by atoms with Gasteiger partial charge in [0.05, 0.1) is 6.10 Å². The van der Waals surface area contributed by atoms with Crippen molar-refractivity contribution < 1.29 is 22.7 Å². The zero-order chi connectivity index (χ0) is 18.2. The van der Waals surface area contributed by atoms with E-state index in [0.29, 0.717) is 24.0 Å². The Morgan fingerprint density at radius 1 is 1.33 bits per heavy atom. The molecule has 1 rings (SSSR count). The van der Waals surface area contributed by atoms with Crippen molar-refractivity contribution in [3.05, 3.63) is 0 Å². The van der Waals surface area contributed by atoms with Crippen LogP contribution in [0.25, 0.3) is 0 Å². The average molecular weight is 352 g/mol. The zero-order valence-corrected chi connectivity index (χ0v) is 14.5. The molecule has 0 radical (unpaired) electrons. The van der Waals surface area contributed by atoms with Gasteiger partial charge in [0.25, 0.3) is 0 Å². The molecule has 0 aromatic rings. The number of piperidine rings is 1. The molecule has 1 N–H and O–H groups in total. The topological polar surface area (TPSA) is 57.2 Å². The summed E-state index contributed by atoms with van der Waals surface area (Å²) in [5.74, 6) is -0.104. The monoisotopic (exact) mass is 352 g/mol. The number of ether oxygens (including phenoxy) is 1. The number of likely N-dealkylation sites (tertiary alicyclic amines) is 1. The van der Waals surface area contributed by atoms with E-state index in [-0.39, 0.29) is 12.6 Å². The van der Waals surface area contributed by atoms with Crippen molar-refractivity contribution in [3.8, 4) is 0 Å². The predicted octanol–water partition coefficient (Wildman–Crippen LogP) is 1.47. The number of nitrogens with zero attached hydrogens (tertiary/aromatic N) is 3. The number of rotatable bonds is 6. The van der Waals surface area contributed by atoms with Gasteiger partial charge in [-0.25, -0.2) is 4.99 Å². The number of carbonyl (C=O) groups is 1. The highest BCUT2D eigenvalue weighted by molar-refractivity contribution is 5.85. The van der Waals surface area contributed by atoms with Crippen molar-refractivity contribution in [1.29, 1.82) is 0 Å². The molecule has 140 valence electrons. The van der Waals surface area contributed by atoms with E-state index in [1.807, 2.05) is 18.7 Å². The Morgan fingerprint density at radius 2 is 1.96 bits per heavy atom. The molecular weight excluding hydrogens is 325 g/mol. The molecule has 0 saturated carbocycles. The molecule has 1 fully saturated rings. The number of guanidine groups is 1. The summed E-state index contributed by atoms with van der Waals surface area (Å²) in [7, 11) is 1.13. The number of likely N-dealkylation sites (N-methyl/N-ethyl adjacent to an activating group) is 1. The number of nitrogens with one attached hydrogen (secondary N) is 1. The molecule has 0 bridgehead atoms. The fraction of sp³-hybridized carbons (Fsp3) is 0.867. The highest BCUT2D eigenvalue weighted by atomic mass is 19.4. The van der Waals surface area contributed by atoms with Crippen molar-refractivity contribution in [2.45, 2.75) is 39.0 Å². The van der Waals surface area contributed by atoms with Crippen LogP contribution in [-0.2, 0) is 9.53 Å². The van der Waals surface area contributed by atoms with Crippen LogP contribution in [0.5, 0.6) is 0 Å². The average Bonchev–Trinajstić information content (AvgIpc) is 2.50. The number of carbonyl (C=O) groups excluding carboxylic acids is 1. The molecule has 0 aromatic heterocycles. The van der Waals surface area contributed by atoms with Gasteiger partial charge in [-0.05, 0) is 26.7 Å². The van der Waals surface area contributed by atoms with Crippen molar-refractivity contribution in [3.63, 3.8) is 0 Å². The van der Waals surface area contributed by atoms with E-state index in [0.717, 1.165) is 33.0 Å². The molecule has 9 heteroatoms. The first kappa shape index (κ1) is 20.5. The third-order valence-corrected chi connectivity index (χ3v) is 3.69. The van der Waals surface area contributed by atoms with Gasteiger partial charge in [0, 0.05) is 33.3 Å². The molecule has 0 spiro atoms. The summed E-state index contributed by atoms with van der Waals surface area (Å²) in [6.45, 7) is 5.07. The molecule has 0 unspecified atom stereocenters. The smallest absolute Gasteiger partial charge is 0.378 e. The minimum atomic E-state index is -4.40. The largest absolute Gasteiger partial charge is 0.406 e. The molecule has 1 saturated heterocycles. The van der Waals surface area contributed by atoms with Crippen LogP contribution in [0, 0.1) is 0 Å². The normalized spacial score (nSPS) is 17.1. The second-order valence-corrected chi connectivity index (χ2v) is 5.68. The van der Waals surface area contributed by atoms with Gasteiger partial charge in [-0.1, -0.05) is 0 Å². The lowest BCUT2D eigenvalue weighted by Crippen LogP contribution is -2.47. The van der Waals surface area contributed by atoms with Gasteiger partial charge in [-0.3, -0.25) is 4.79 Å². The van der Waals surface area contributed by atoms with Crippen molar-refractivity contribution >= 4 is 11.9 Å². The number of hydrogen-bond acceptors (Lipinski definition) is 3. The van der Waals surface area contributed by atoms with Gasteiger partial charge in [0.2, 0.25) is 5.91 Å². The Kier molecular flexibility index (Phi) is 8.30. The van der Waals surface area contributed by atoms with Gasteiger partial charge in [0.15, 0.2) is 5.96 Å². The summed E-state index contributed by atoms with van der Waals surface area (Å²) < 4.78 is 42.5. The number of halogens is 3. The third kappa shape index (κ3) is 7.37. The second kappa shape index (κ2) is 9.71. The van der Waals surface area contributed by atoms with Crippen LogP contribution < -0.4 is 5.32 Å². The molecular formula is C15H27F3N4O2. The summed E-state index contributed by atoms with van der Waals surface area (Å²) >= 11 is 0. The van der Waals surface area contributed by atoms with E-state index in [9.17, 15) is 18.0 Å². The quantitative estimate of drug-likeness (QED) is 0.581. The molecule has 0 aromatic carbocycles. The molecule has 1 aliphatic rings. The maximum Gasteiger partial charge on any atom is 0.406 e. The van der Waals surface area contributed by atoms with E-state index >= 15 is 0 Å². The number of aliphatic imine (C=N–C) groups is 1. The lowest BCUT2D eigenvalue weighted by Gasteiger charge is -2.34. The van der Waals surface area contributed by atoms with Crippen LogP contribution in [-0.4, -0.2) is 80.3 Å². The van der Waals surface area contributed by atoms with E-state index < -0.39 is 18.6 Å². The molecule has 1 heterocycles. The fourth-order valence-corrected chi connectivity index (χ4v) is 2.52. The minimum absolute atomic E-state index is 0.230. The Morgan fingerprint density at radius 3 is 2.46 bits per heavy atom. The van der Waals surface area contributed by atoms with Gasteiger partial charge >= 0.3 is 6.18 Å². The SMILES string of the molecule is CCNC(=NCC(=O)N(C)CC(F)(F)F)N1CCC(OCC)CC1. The maximum absolute atomic E-state index is 12.3. The Labute approximate surface area is 141 Å². The van der Waals surface area contributed by atoms with E-state index in [1.54, 1.807) is 0 Å². The van der Waals surface area contributed by atoms with Crippen LogP contribution in [0.15, 0.2) is 4.99 Å². The molecule has 1 aliphatic heterocycles. The molecule has 0 aliphatic carbocycles. The van der Waals surface area contributed by atoms with Crippen LogP contribution in [0.2, 0.25) is 0 Å². The number of hydrogen-bond donors (Lipinski definition) is 1. The molecule has 0 atom stereocenters. The fourth-order valence-electron chi connectivity index (χ4n) is 2.52. The number of alkyl halides is 3. The van der Waals surface area contributed by atoms with Gasteiger partial charge in [-0.15, -0.1) is 0 Å². The Bertz CT molecular complexity index is 421. The van der Waals surface area contributed by atoms with Gasteiger partial charge in [0.1, 0.15) is 13.1 Å². The third-order valence-electron chi connectivity index (χ3n) is 3.69. The first-order valence-corrected chi connectivity index (χ1v) is 8.22. The Balaban J connectivity index is 2.58. The lowest BCUT2D eigenvalue weighted by molar-refractivity contribution is -0.157. The highest BCUT2D eigenvalue weighted by Crippen LogP contribution is 2.16. The van der Waals surface area contributed by atoms with Crippen molar-refractivity contribution in [1.82, 2.24) is 15.1 Å². The summed E-state index contributed by atoms with van der Waals surface area (Å²) in [5, 5.41) is 3.08. The van der Waals surface area contributed by atoms with Crippen LogP contribution in [0.1, 0.15) is 26.7 Å². The first-order chi connectivity index (χ1) is 11.3. The van der Waals surface area contributed by atoms with E-state index in [1.165, 1.54) is 0 Å².